The average molecular weight is 192 g/mol. The smallest absolute Gasteiger partial charge is 0.0738 e. The first-order chi connectivity index (χ1) is 6.86. The van der Waals surface area contributed by atoms with Crippen LogP contribution >= 0.6 is 0 Å². The molecule has 2 rings (SSSR count). The van der Waals surface area contributed by atoms with Crippen molar-refractivity contribution < 1.29 is 0 Å². The van der Waals surface area contributed by atoms with Gasteiger partial charge in [-0.3, -0.25) is 4.68 Å². The Labute approximate surface area is 84.0 Å². The lowest BCUT2D eigenvalue weighted by Gasteiger charge is -2.18. The second kappa shape index (κ2) is 4.37. The minimum Gasteiger partial charge on any atom is -0.308 e. The summed E-state index contributed by atoms with van der Waals surface area (Å²) in [6.07, 6.45) is 9.90. The molecule has 0 radical (unpaired) electrons. The molecular formula is C10H16N4. The van der Waals surface area contributed by atoms with E-state index in [1.165, 1.54) is 12.8 Å². The summed E-state index contributed by atoms with van der Waals surface area (Å²) in [4.78, 5) is 0. The van der Waals surface area contributed by atoms with Crippen molar-refractivity contribution in [2.45, 2.75) is 31.8 Å². The van der Waals surface area contributed by atoms with E-state index in [0.29, 0.717) is 6.04 Å². The number of aryl methyl sites for hydroxylation is 1. The fraction of sp³-hybridized carbons (Fsp3) is 0.600. The molecule has 1 aromatic heterocycles. The summed E-state index contributed by atoms with van der Waals surface area (Å²) in [5.41, 5.74) is 1.14. The van der Waals surface area contributed by atoms with Crippen molar-refractivity contribution in [1.82, 2.24) is 20.3 Å². The normalized spacial score (nSPS) is 21.4. The minimum atomic E-state index is 0.620. The van der Waals surface area contributed by atoms with Crippen molar-refractivity contribution >= 4 is 0 Å². The van der Waals surface area contributed by atoms with Crippen LogP contribution < -0.4 is 5.32 Å². The Morgan fingerprint density at radius 2 is 2.50 bits per heavy atom. The van der Waals surface area contributed by atoms with Gasteiger partial charge in [0, 0.05) is 19.6 Å². The predicted octanol–water partition coefficient (Wildman–Crippen LogP) is 1.01. The van der Waals surface area contributed by atoms with Gasteiger partial charge in [0.1, 0.15) is 0 Å². The van der Waals surface area contributed by atoms with Gasteiger partial charge < -0.3 is 5.32 Å². The third-order valence-corrected chi connectivity index (χ3v) is 2.65. The molecule has 0 bridgehead atoms. The summed E-state index contributed by atoms with van der Waals surface area (Å²) >= 11 is 0. The molecule has 1 heterocycles. The van der Waals surface area contributed by atoms with E-state index in [2.05, 4.69) is 27.8 Å². The van der Waals surface area contributed by atoms with Crippen molar-refractivity contribution in [3.05, 3.63) is 24.0 Å². The molecule has 1 aliphatic rings. The number of rotatable bonds is 3. The zero-order valence-electron chi connectivity index (χ0n) is 8.48. The van der Waals surface area contributed by atoms with Gasteiger partial charge in [0.25, 0.3) is 0 Å². The number of allylic oxidation sites excluding steroid dienone is 1. The maximum atomic E-state index is 3.89. The van der Waals surface area contributed by atoms with Crippen LogP contribution in [0.3, 0.4) is 0 Å². The Kier molecular flexibility index (Phi) is 2.93. The van der Waals surface area contributed by atoms with Gasteiger partial charge in [0.15, 0.2) is 0 Å². The first kappa shape index (κ1) is 9.40. The lowest BCUT2D eigenvalue weighted by atomic mass is 10.0. The molecule has 4 heteroatoms. The zero-order chi connectivity index (χ0) is 9.80. The lowest BCUT2D eigenvalue weighted by Crippen LogP contribution is -2.29. The maximum absolute atomic E-state index is 3.89. The van der Waals surface area contributed by atoms with E-state index in [1.807, 2.05) is 17.9 Å². The van der Waals surface area contributed by atoms with Gasteiger partial charge in [-0.2, -0.15) is 0 Å². The van der Waals surface area contributed by atoms with Crippen LogP contribution in [0.2, 0.25) is 0 Å². The van der Waals surface area contributed by atoms with E-state index in [-0.39, 0.29) is 0 Å². The molecular weight excluding hydrogens is 176 g/mol. The predicted molar refractivity (Wildman–Crippen MR) is 54.6 cm³/mol. The highest BCUT2D eigenvalue weighted by Gasteiger charge is 2.09. The van der Waals surface area contributed by atoms with Gasteiger partial charge in [0.2, 0.25) is 0 Å². The van der Waals surface area contributed by atoms with Gasteiger partial charge in [-0.05, 0) is 19.3 Å². The third kappa shape index (κ3) is 2.20. The largest absolute Gasteiger partial charge is 0.308 e. The molecule has 1 aromatic rings. The van der Waals surface area contributed by atoms with Crippen LogP contribution in [-0.4, -0.2) is 21.0 Å². The van der Waals surface area contributed by atoms with Crippen LogP contribution in [0, 0.1) is 0 Å². The van der Waals surface area contributed by atoms with Crippen molar-refractivity contribution in [2.24, 2.45) is 7.05 Å². The Morgan fingerprint density at radius 3 is 3.14 bits per heavy atom. The van der Waals surface area contributed by atoms with Crippen LogP contribution in [-0.2, 0) is 13.6 Å². The number of nitrogens with zero attached hydrogens (tertiary/aromatic N) is 3. The van der Waals surface area contributed by atoms with Gasteiger partial charge in [-0.1, -0.05) is 17.4 Å². The third-order valence-electron chi connectivity index (χ3n) is 2.65. The first-order valence-electron chi connectivity index (χ1n) is 5.08. The van der Waals surface area contributed by atoms with E-state index in [0.717, 1.165) is 18.7 Å². The second-order valence-corrected chi connectivity index (χ2v) is 3.71. The van der Waals surface area contributed by atoms with E-state index < -0.39 is 0 Å². The molecule has 0 spiro atoms. The van der Waals surface area contributed by atoms with Crippen LogP contribution in [0.15, 0.2) is 18.3 Å². The Morgan fingerprint density at radius 1 is 1.57 bits per heavy atom. The number of nitrogens with one attached hydrogen (secondary N) is 1. The SMILES string of the molecule is Cn1nncc1CNC1CC=CCC1. The van der Waals surface area contributed by atoms with Crippen LogP contribution in [0.5, 0.6) is 0 Å². The molecule has 4 nitrogen and oxygen atoms in total. The summed E-state index contributed by atoms with van der Waals surface area (Å²) < 4.78 is 1.81. The summed E-state index contributed by atoms with van der Waals surface area (Å²) in [6.45, 7) is 0.863. The van der Waals surface area contributed by atoms with Crippen LogP contribution in [0.1, 0.15) is 25.0 Å². The molecule has 1 atom stereocenters. The van der Waals surface area contributed by atoms with Gasteiger partial charge in [0.05, 0.1) is 11.9 Å². The van der Waals surface area contributed by atoms with Crippen LogP contribution in [0.25, 0.3) is 0 Å². The molecule has 0 saturated carbocycles. The summed E-state index contributed by atoms with van der Waals surface area (Å²) in [5.74, 6) is 0. The molecule has 0 saturated heterocycles. The molecule has 1 aliphatic carbocycles. The molecule has 76 valence electrons. The molecule has 0 fully saturated rings. The Hall–Kier alpha value is -1.16. The van der Waals surface area contributed by atoms with Crippen molar-refractivity contribution in [1.29, 1.82) is 0 Å². The fourth-order valence-corrected chi connectivity index (χ4v) is 1.70. The molecule has 0 aliphatic heterocycles. The van der Waals surface area contributed by atoms with E-state index >= 15 is 0 Å². The maximum Gasteiger partial charge on any atom is 0.0738 e. The van der Waals surface area contributed by atoms with E-state index in [1.54, 1.807) is 0 Å². The standard InChI is InChI=1S/C10H16N4/c1-14-10(8-12-13-14)7-11-9-5-3-2-4-6-9/h2-3,8-9,11H,4-7H2,1H3. The highest BCUT2D eigenvalue weighted by atomic mass is 15.4. The second-order valence-electron chi connectivity index (χ2n) is 3.71. The van der Waals surface area contributed by atoms with Crippen molar-refractivity contribution in [3.63, 3.8) is 0 Å². The quantitative estimate of drug-likeness (QED) is 0.727. The Balaban J connectivity index is 1.82. The van der Waals surface area contributed by atoms with E-state index in [9.17, 15) is 0 Å². The van der Waals surface area contributed by atoms with Gasteiger partial charge in [-0.25, -0.2) is 0 Å². The first-order valence-corrected chi connectivity index (χ1v) is 5.08. The molecule has 0 aromatic carbocycles. The summed E-state index contributed by atoms with van der Waals surface area (Å²) in [6, 6.07) is 0.620. The van der Waals surface area contributed by atoms with Crippen LogP contribution in [0.4, 0.5) is 0 Å². The molecule has 1 unspecified atom stereocenters. The summed E-state index contributed by atoms with van der Waals surface area (Å²) in [5, 5.41) is 11.3. The highest BCUT2D eigenvalue weighted by molar-refractivity contribution is 4.96. The number of aromatic nitrogens is 3. The van der Waals surface area contributed by atoms with Gasteiger partial charge in [-0.15, -0.1) is 5.10 Å². The number of hydrogen-bond donors (Lipinski definition) is 1. The summed E-state index contributed by atoms with van der Waals surface area (Å²) in [7, 11) is 1.92. The molecule has 0 amide bonds. The van der Waals surface area contributed by atoms with Gasteiger partial charge >= 0.3 is 0 Å². The topological polar surface area (TPSA) is 42.7 Å². The average Bonchev–Trinajstić information content (AvgIpc) is 2.63. The fourth-order valence-electron chi connectivity index (χ4n) is 1.70. The monoisotopic (exact) mass is 192 g/mol. The molecule has 14 heavy (non-hydrogen) atoms. The van der Waals surface area contributed by atoms with E-state index in [4.69, 9.17) is 0 Å². The number of hydrogen-bond acceptors (Lipinski definition) is 3. The highest BCUT2D eigenvalue weighted by Crippen LogP contribution is 2.10. The van der Waals surface area contributed by atoms with Crippen molar-refractivity contribution in [2.75, 3.05) is 0 Å². The molecule has 1 N–H and O–H groups in total. The zero-order valence-corrected chi connectivity index (χ0v) is 8.48. The lowest BCUT2D eigenvalue weighted by molar-refractivity contribution is 0.464. The Bertz CT molecular complexity index is 316. The van der Waals surface area contributed by atoms with Crippen molar-refractivity contribution in [3.8, 4) is 0 Å². The minimum absolute atomic E-state index is 0.620.